The second-order valence-electron chi connectivity index (χ2n) is 10.7. The van der Waals surface area contributed by atoms with Crippen LogP contribution >= 0.6 is 0 Å². The van der Waals surface area contributed by atoms with Crippen molar-refractivity contribution in [1.82, 2.24) is 30.6 Å². The lowest BCUT2D eigenvalue weighted by atomic mass is 10.0. The van der Waals surface area contributed by atoms with Crippen LogP contribution in [-0.4, -0.2) is 58.8 Å². The van der Waals surface area contributed by atoms with Gasteiger partial charge in [0.15, 0.2) is 0 Å². The Labute approximate surface area is 245 Å². The van der Waals surface area contributed by atoms with E-state index >= 15 is 0 Å². The van der Waals surface area contributed by atoms with Crippen molar-refractivity contribution in [2.45, 2.75) is 40.3 Å². The van der Waals surface area contributed by atoms with Crippen LogP contribution in [0.25, 0.3) is 5.70 Å². The van der Waals surface area contributed by atoms with Crippen molar-refractivity contribution in [1.29, 1.82) is 0 Å². The van der Waals surface area contributed by atoms with Gasteiger partial charge in [-0.05, 0) is 77.1 Å². The second-order valence-corrected chi connectivity index (χ2v) is 10.7. The fraction of sp³-hybridized carbons (Fsp3) is 0.400. The van der Waals surface area contributed by atoms with E-state index in [2.05, 4.69) is 32.9 Å². The predicted molar refractivity (Wildman–Crippen MR) is 160 cm³/mol. The Balaban J connectivity index is 1.63. The molecule has 0 unspecified atom stereocenters. The summed E-state index contributed by atoms with van der Waals surface area (Å²) < 4.78 is 44.1. The number of nitrogens with one attached hydrogen (secondary N) is 3. The number of rotatable bonds is 7. The Morgan fingerprint density at radius 2 is 1.88 bits per heavy atom. The molecule has 1 amide bonds. The number of amides is 1. The molecule has 226 valence electrons. The van der Waals surface area contributed by atoms with Gasteiger partial charge in [-0.15, -0.1) is 5.53 Å². The SMILES string of the molecule is C=C(C)/C(=C\C(=C/C)C(=O)Nc1cc(N2CCCN(C)CC2)c(C)c(C(F)(F)F)c1)N1C=C(c2cnn(C)c2C)NN1. The molecule has 9 nitrogen and oxygen atoms in total. The quantitative estimate of drug-likeness (QED) is 0.317. The smallest absolute Gasteiger partial charge is 0.370 e. The molecule has 2 aromatic rings. The molecule has 0 aliphatic carbocycles. The summed E-state index contributed by atoms with van der Waals surface area (Å²) in [6.07, 6.45) is 3.11. The number of hydrogen-bond acceptors (Lipinski definition) is 7. The standard InChI is InChI=1S/C30H39F3N8O/c1-8-22(14-27(19(2)3)41-18-26(36-37-41)24-17-34-39(7)21(24)5)29(42)35-23-15-25(30(31,32)33)20(4)28(16-23)40-11-9-10-38(6)12-13-40/h8,14-18,36-37H,2,9-13H2,1,3-7H3,(H,35,42)/b22-8+,27-14+. The molecule has 0 saturated carbocycles. The van der Waals surface area contributed by atoms with E-state index in [9.17, 15) is 18.0 Å². The highest BCUT2D eigenvalue weighted by Crippen LogP contribution is 2.39. The molecule has 12 heteroatoms. The Morgan fingerprint density at radius 1 is 1.14 bits per heavy atom. The van der Waals surface area contributed by atoms with Gasteiger partial charge >= 0.3 is 6.18 Å². The molecule has 0 radical (unpaired) electrons. The minimum absolute atomic E-state index is 0.0883. The Morgan fingerprint density at radius 3 is 2.50 bits per heavy atom. The van der Waals surface area contributed by atoms with Crippen molar-refractivity contribution in [3.05, 3.63) is 82.5 Å². The van der Waals surface area contributed by atoms with Gasteiger partial charge in [0.25, 0.3) is 5.91 Å². The maximum absolute atomic E-state index is 14.1. The number of likely N-dealkylation sites (N-methyl/N-ethyl adjacent to an activating group) is 1. The highest BCUT2D eigenvalue weighted by atomic mass is 19.4. The molecule has 4 rings (SSSR count). The van der Waals surface area contributed by atoms with Crippen molar-refractivity contribution in [2.24, 2.45) is 7.05 Å². The first-order chi connectivity index (χ1) is 19.8. The van der Waals surface area contributed by atoms with E-state index in [-0.39, 0.29) is 16.8 Å². The number of benzene rings is 1. The normalized spacial score (nSPS) is 17.2. The van der Waals surface area contributed by atoms with E-state index < -0.39 is 17.6 Å². The number of nitrogens with zero attached hydrogens (tertiary/aromatic N) is 5. The highest BCUT2D eigenvalue weighted by Gasteiger charge is 2.35. The average Bonchev–Trinajstić information content (AvgIpc) is 3.45. The van der Waals surface area contributed by atoms with Crippen molar-refractivity contribution in [3.63, 3.8) is 0 Å². The molecule has 3 N–H and O–H groups in total. The molecule has 0 spiro atoms. The first kappa shape index (κ1) is 30.9. The summed E-state index contributed by atoms with van der Waals surface area (Å²) in [6, 6.07) is 2.65. The van der Waals surface area contributed by atoms with Crippen molar-refractivity contribution in [2.75, 3.05) is 43.4 Å². The maximum Gasteiger partial charge on any atom is 0.416 e. The van der Waals surface area contributed by atoms with Crippen molar-refractivity contribution < 1.29 is 18.0 Å². The van der Waals surface area contributed by atoms with Gasteiger partial charge in [-0.2, -0.15) is 18.3 Å². The van der Waals surface area contributed by atoms with Gasteiger partial charge in [0.05, 0.1) is 23.2 Å². The number of anilines is 2. The average molecular weight is 585 g/mol. The Kier molecular flexibility index (Phi) is 9.17. The van der Waals surface area contributed by atoms with Gasteiger partial charge in [-0.3, -0.25) is 14.5 Å². The zero-order valence-corrected chi connectivity index (χ0v) is 25.0. The number of allylic oxidation sites excluding steroid dienone is 2. The number of hydrogen-bond donors (Lipinski definition) is 3. The molecular formula is C30H39F3N8O. The molecule has 3 heterocycles. The third-order valence-electron chi connectivity index (χ3n) is 7.66. The summed E-state index contributed by atoms with van der Waals surface area (Å²) in [5, 5.41) is 8.69. The predicted octanol–water partition coefficient (Wildman–Crippen LogP) is 4.87. The third-order valence-corrected chi connectivity index (χ3v) is 7.66. The lowest BCUT2D eigenvalue weighted by molar-refractivity contribution is -0.138. The molecule has 1 aromatic carbocycles. The fourth-order valence-corrected chi connectivity index (χ4v) is 5.05. The molecule has 1 fully saturated rings. The summed E-state index contributed by atoms with van der Waals surface area (Å²) in [5.41, 5.74) is 10.3. The minimum atomic E-state index is -4.57. The van der Waals surface area contributed by atoms with Crippen molar-refractivity contribution in [3.8, 4) is 0 Å². The number of aryl methyl sites for hydroxylation is 1. The van der Waals surface area contributed by atoms with Crippen molar-refractivity contribution >= 4 is 23.0 Å². The summed E-state index contributed by atoms with van der Waals surface area (Å²) >= 11 is 0. The lowest BCUT2D eigenvalue weighted by Gasteiger charge is -2.27. The Hall–Kier alpha value is -4.03. The monoisotopic (exact) mass is 584 g/mol. The molecule has 2 aliphatic rings. The molecule has 0 atom stereocenters. The van der Waals surface area contributed by atoms with E-state index in [1.54, 1.807) is 48.0 Å². The maximum atomic E-state index is 14.1. The zero-order valence-electron chi connectivity index (χ0n) is 25.0. The van der Waals surface area contributed by atoms with Crippen LogP contribution < -0.4 is 21.2 Å². The van der Waals surface area contributed by atoms with Gasteiger partial charge in [-0.1, -0.05) is 12.7 Å². The first-order valence-corrected chi connectivity index (χ1v) is 13.8. The van der Waals surface area contributed by atoms with Crippen LogP contribution in [-0.2, 0) is 18.0 Å². The molecule has 2 aliphatic heterocycles. The molecule has 1 saturated heterocycles. The number of carbonyl (C=O) groups excluding carboxylic acids is 1. The zero-order chi connectivity index (χ0) is 30.8. The van der Waals surface area contributed by atoms with E-state index in [1.165, 1.54) is 6.92 Å². The topological polar surface area (TPSA) is 80.7 Å². The van der Waals surface area contributed by atoms with Crippen LogP contribution in [0.1, 0.15) is 42.7 Å². The first-order valence-electron chi connectivity index (χ1n) is 13.8. The fourth-order valence-electron chi connectivity index (χ4n) is 5.05. The number of halogens is 3. The second kappa shape index (κ2) is 12.5. The van der Waals surface area contributed by atoms with Crippen LogP contribution in [0.4, 0.5) is 24.5 Å². The molecular weight excluding hydrogens is 545 g/mol. The third kappa shape index (κ3) is 6.71. The minimum Gasteiger partial charge on any atom is -0.370 e. The summed E-state index contributed by atoms with van der Waals surface area (Å²) in [7, 11) is 3.86. The van der Waals surface area contributed by atoms with Crippen LogP contribution in [0, 0.1) is 13.8 Å². The number of alkyl halides is 3. The van der Waals surface area contributed by atoms with Gasteiger partial charge in [0.1, 0.15) is 0 Å². The van der Waals surface area contributed by atoms with Crippen LogP contribution in [0.2, 0.25) is 0 Å². The lowest BCUT2D eigenvalue weighted by Crippen LogP contribution is -2.36. The largest absolute Gasteiger partial charge is 0.416 e. The van der Waals surface area contributed by atoms with E-state index in [4.69, 9.17) is 0 Å². The van der Waals surface area contributed by atoms with Gasteiger partial charge in [0.2, 0.25) is 0 Å². The van der Waals surface area contributed by atoms with Crippen LogP contribution in [0.3, 0.4) is 0 Å². The van der Waals surface area contributed by atoms with Crippen LogP contribution in [0.5, 0.6) is 0 Å². The molecule has 1 aromatic heterocycles. The van der Waals surface area contributed by atoms with E-state index in [0.29, 0.717) is 30.0 Å². The van der Waals surface area contributed by atoms with E-state index in [0.717, 1.165) is 42.5 Å². The highest BCUT2D eigenvalue weighted by molar-refractivity contribution is 6.06. The summed E-state index contributed by atoms with van der Waals surface area (Å²) in [4.78, 5) is 17.6. The number of aromatic nitrogens is 2. The van der Waals surface area contributed by atoms with Gasteiger partial charge < -0.3 is 20.5 Å². The van der Waals surface area contributed by atoms with E-state index in [1.807, 2.05) is 32.1 Å². The van der Waals surface area contributed by atoms with Crippen LogP contribution in [0.15, 0.2) is 60.1 Å². The molecule has 42 heavy (non-hydrogen) atoms. The van der Waals surface area contributed by atoms with Gasteiger partial charge in [0, 0.05) is 61.1 Å². The molecule has 0 bridgehead atoms. The van der Waals surface area contributed by atoms with Gasteiger partial charge in [-0.25, -0.2) is 0 Å². The summed E-state index contributed by atoms with van der Waals surface area (Å²) in [6.45, 7) is 13.9. The Bertz CT molecular complexity index is 1450. The number of hydrazine groups is 2. The summed E-state index contributed by atoms with van der Waals surface area (Å²) in [5.74, 6) is -0.533. The number of carbonyl (C=O) groups is 1.